The lowest BCUT2D eigenvalue weighted by molar-refractivity contribution is -0.130. The van der Waals surface area contributed by atoms with Gasteiger partial charge >= 0.3 is 0 Å². The highest BCUT2D eigenvalue weighted by atomic mass is 16.2. The molecule has 0 unspecified atom stereocenters. The fourth-order valence-corrected chi connectivity index (χ4v) is 3.87. The number of likely N-dealkylation sites (tertiary alicyclic amines) is 1. The Labute approximate surface area is 137 Å². The number of hydrogen-bond donors (Lipinski definition) is 2. The van der Waals surface area contributed by atoms with Crippen LogP contribution in [0, 0.1) is 19.8 Å². The smallest absolute Gasteiger partial charge is 0.225 e. The Morgan fingerprint density at radius 1 is 1.35 bits per heavy atom. The Kier molecular flexibility index (Phi) is 4.68. The number of H-pyrrole nitrogens is 1. The number of nitrogens with one attached hydrogen (secondary N) is 2. The number of rotatable bonds is 5. The molecule has 6 nitrogen and oxygen atoms in total. The summed E-state index contributed by atoms with van der Waals surface area (Å²) in [6.07, 6.45) is 5.74. The van der Waals surface area contributed by atoms with E-state index < -0.39 is 0 Å². The van der Waals surface area contributed by atoms with E-state index in [-0.39, 0.29) is 17.7 Å². The third-order valence-corrected chi connectivity index (χ3v) is 5.25. The van der Waals surface area contributed by atoms with Gasteiger partial charge in [-0.1, -0.05) is 12.8 Å². The number of aromatic nitrogens is 2. The zero-order valence-electron chi connectivity index (χ0n) is 14.0. The van der Waals surface area contributed by atoms with E-state index in [0.717, 1.165) is 30.7 Å². The fourth-order valence-electron chi connectivity index (χ4n) is 3.87. The highest BCUT2D eigenvalue weighted by Crippen LogP contribution is 2.29. The van der Waals surface area contributed by atoms with Crippen molar-refractivity contribution >= 4 is 11.8 Å². The Balaban J connectivity index is 1.48. The predicted molar refractivity (Wildman–Crippen MR) is 86.9 cm³/mol. The third-order valence-electron chi connectivity index (χ3n) is 5.25. The lowest BCUT2D eigenvalue weighted by Gasteiger charge is -2.23. The van der Waals surface area contributed by atoms with Crippen LogP contribution in [-0.2, 0) is 16.0 Å². The largest absolute Gasteiger partial charge is 0.355 e. The van der Waals surface area contributed by atoms with Crippen LogP contribution in [0.15, 0.2) is 0 Å². The first kappa shape index (κ1) is 16.0. The van der Waals surface area contributed by atoms with E-state index in [1.807, 2.05) is 18.7 Å². The van der Waals surface area contributed by atoms with Crippen molar-refractivity contribution in [3.05, 3.63) is 17.0 Å². The second-order valence-corrected chi connectivity index (χ2v) is 6.84. The van der Waals surface area contributed by atoms with E-state index in [1.54, 1.807) is 0 Å². The van der Waals surface area contributed by atoms with Gasteiger partial charge < -0.3 is 10.2 Å². The van der Waals surface area contributed by atoms with Crippen LogP contribution in [0.1, 0.15) is 49.1 Å². The van der Waals surface area contributed by atoms with Crippen molar-refractivity contribution in [2.45, 2.75) is 58.4 Å². The molecule has 0 radical (unpaired) electrons. The van der Waals surface area contributed by atoms with Crippen molar-refractivity contribution in [3.8, 4) is 0 Å². The zero-order valence-corrected chi connectivity index (χ0v) is 14.0. The van der Waals surface area contributed by atoms with Gasteiger partial charge in [0.15, 0.2) is 0 Å². The second kappa shape index (κ2) is 6.72. The average Bonchev–Trinajstić information content (AvgIpc) is 3.23. The van der Waals surface area contributed by atoms with Gasteiger partial charge in [-0.25, -0.2) is 0 Å². The fraction of sp³-hybridized carbons (Fsp3) is 0.706. The standard InChI is InChI=1S/C17H26N4O2/c1-11-15(12(2)20-19-11)7-8-18-17(23)13-9-16(22)21(10-13)14-5-3-4-6-14/h13-14H,3-10H2,1-2H3,(H,18,23)(H,19,20)/t13-/m0/s1. The summed E-state index contributed by atoms with van der Waals surface area (Å²) in [6, 6.07) is 0.372. The molecule has 0 spiro atoms. The van der Waals surface area contributed by atoms with Gasteiger partial charge in [0.2, 0.25) is 11.8 Å². The number of aromatic amines is 1. The number of aryl methyl sites for hydroxylation is 2. The molecule has 23 heavy (non-hydrogen) atoms. The highest BCUT2D eigenvalue weighted by Gasteiger charge is 2.38. The molecule has 1 aromatic heterocycles. The van der Waals surface area contributed by atoms with Crippen molar-refractivity contribution < 1.29 is 9.59 Å². The molecule has 1 aliphatic carbocycles. The molecule has 6 heteroatoms. The molecule has 1 aliphatic heterocycles. The molecule has 3 rings (SSSR count). The molecule has 0 aromatic carbocycles. The maximum atomic E-state index is 12.3. The van der Waals surface area contributed by atoms with Crippen LogP contribution in [0.25, 0.3) is 0 Å². The van der Waals surface area contributed by atoms with Crippen molar-refractivity contribution in [1.29, 1.82) is 0 Å². The molecule has 2 N–H and O–H groups in total. The molecule has 2 heterocycles. The maximum Gasteiger partial charge on any atom is 0.225 e. The minimum absolute atomic E-state index is 0.0117. The quantitative estimate of drug-likeness (QED) is 0.863. The van der Waals surface area contributed by atoms with Crippen LogP contribution >= 0.6 is 0 Å². The van der Waals surface area contributed by atoms with Gasteiger partial charge in [-0.05, 0) is 38.7 Å². The first-order chi connectivity index (χ1) is 11.1. The Morgan fingerprint density at radius 3 is 2.74 bits per heavy atom. The molecule has 1 saturated heterocycles. The predicted octanol–water partition coefficient (Wildman–Crippen LogP) is 1.48. The van der Waals surface area contributed by atoms with Crippen molar-refractivity contribution in [2.75, 3.05) is 13.1 Å². The molecule has 1 saturated carbocycles. The van der Waals surface area contributed by atoms with Crippen LogP contribution in [0.5, 0.6) is 0 Å². The van der Waals surface area contributed by atoms with E-state index in [1.165, 1.54) is 18.4 Å². The van der Waals surface area contributed by atoms with Crippen LogP contribution in [0.3, 0.4) is 0 Å². The first-order valence-electron chi connectivity index (χ1n) is 8.64. The van der Waals surface area contributed by atoms with Gasteiger partial charge in [-0.15, -0.1) is 0 Å². The molecular weight excluding hydrogens is 292 g/mol. The minimum Gasteiger partial charge on any atom is -0.355 e. The van der Waals surface area contributed by atoms with Gasteiger partial charge in [0.25, 0.3) is 0 Å². The van der Waals surface area contributed by atoms with Crippen molar-refractivity contribution in [3.63, 3.8) is 0 Å². The van der Waals surface area contributed by atoms with E-state index in [4.69, 9.17) is 0 Å². The van der Waals surface area contributed by atoms with Gasteiger partial charge in [0.05, 0.1) is 11.6 Å². The lowest BCUT2D eigenvalue weighted by Crippen LogP contribution is -2.37. The van der Waals surface area contributed by atoms with Gasteiger partial charge in [0.1, 0.15) is 0 Å². The first-order valence-corrected chi connectivity index (χ1v) is 8.64. The van der Waals surface area contributed by atoms with Gasteiger partial charge in [0, 0.05) is 31.2 Å². The normalized spacial score (nSPS) is 22.1. The topological polar surface area (TPSA) is 78.1 Å². The van der Waals surface area contributed by atoms with Crippen LogP contribution in [0.2, 0.25) is 0 Å². The van der Waals surface area contributed by atoms with E-state index in [2.05, 4.69) is 15.5 Å². The molecule has 2 amide bonds. The van der Waals surface area contributed by atoms with Crippen molar-refractivity contribution in [1.82, 2.24) is 20.4 Å². The molecule has 1 atom stereocenters. The van der Waals surface area contributed by atoms with E-state index in [9.17, 15) is 9.59 Å². The molecular formula is C17H26N4O2. The summed E-state index contributed by atoms with van der Waals surface area (Å²) in [5.41, 5.74) is 3.21. The van der Waals surface area contributed by atoms with Crippen LogP contribution in [-0.4, -0.2) is 46.0 Å². The molecule has 2 fully saturated rings. The van der Waals surface area contributed by atoms with E-state index in [0.29, 0.717) is 25.6 Å². The maximum absolute atomic E-state index is 12.3. The summed E-state index contributed by atoms with van der Waals surface area (Å²) in [5.74, 6) is -0.0223. The summed E-state index contributed by atoms with van der Waals surface area (Å²) in [7, 11) is 0. The Hall–Kier alpha value is -1.85. The number of carbonyl (C=O) groups is 2. The summed E-state index contributed by atoms with van der Waals surface area (Å²) in [5, 5.41) is 10.1. The number of nitrogens with zero attached hydrogens (tertiary/aromatic N) is 2. The van der Waals surface area contributed by atoms with Crippen LogP contribution < -0.4 is 5.32 Å². The molecule has 0 bridgehead atoms. The van der Waals surface area contributed by atoms with Gasteiger partial charge in [-0.2, -0.15) is 5.10 Å². The number of hydrogen-bond acceptors (Lipinski definition) is 3. The second-order valence-electron chi connectivity index (χ2n) is 6.84. The highest BCUT2D eigenvalue weighted by molar-refractivity contribution is 5.89. The summed E-state index contributed by atoms with van der Waals surface area (Å²) in [4.78, 5) is 26.4. The summed E-state index contributed by atoms with van der Waals surface area (Å²) >= 11 is 0. The number of amides is 2. The molecule has 126 valence electrons. The van der Waals surface area contributed by atoms with E-state index >= 15 is 0 Å². The zero-order chi connectivity index (χ0) is 16.4. The minimum atomic E-state index is -0.186. The monoisotopic (exact) mass is 318 g/mol. The molecule has 1 aromatic rings. The van der Waals surface area contributed by atoms with Crippen LogP contribution in [0.4, 0.5) is 0 Å². The SMILES string of the molecule is Cc1n[nH]c(C)c1CCNC(=O)[C@H]1CC(=O)N(C2CCCC2)C1. The lowest BCUT2D eigenvalue weighted by atomic mass is 10.1. The number of carbonyl (C=O) groups excluding carboxylic acids is 2. The third kappa shape index (κ3) is 3.41. The molecule has 2 aliphatic rings. The Morgan fingerprint density at radius 2 is 2.09 bits per heavy atom. The summed E-state index contributed by atoms with van der Waals surface area (Å²) < 4.78 is 0. The summed E-state index contributed by atoms with van der Waals surface area (Å²) in [6.45, 7) is 5.15. The van der Waals surface area contributed by atoms with Crippen molar-refractivity contribution in [2.24, 2.45) is 5.92 Å². The average molecular weight is 318 g/mol. The Bertz CT molecular complexity index is 570. The van der Waals surface area contributed by atoms with Gasteiger partial charge in [-0.3, -0.25) is 14.7 Å².